The second-order valence-electron chi connectivity index (χ2n) is 6.65. The maximum atomic E-state index is 13.0. The van der Waals surface area contributed by atoms with E-state index in [0.29, 0.717) is 16.3 Å². The summed E-state index contributed by atoms with van der Waals surface area (Å²) in [5.41, 5.74) is 1.99. The number of para-hydroxylation sites is 1. The Morgan fingerprint density at radius 2 is 1.75 bits per heavy atom. The van der Waals surface area contributed by atoms with Gasteiger partial charge >= 0.3 is 0 Å². The van der Waals surface area contributed by atoms with Crippen molar-refractivity contribution in [2.24, 2.45) is 0 Å². The molecule has 0 unspecified atom stereocenters. The van der Waals surface area contributed by atoms with Gasteiger partial charge in [0.15, 0.2) is 0 Å². The highest BCUT2D eigenvalue weighted by molar-refractivity contribution is 7.92. The van der Waals surface area contributed by atoms with E-state index in [2.05, 4.69) is 5.32 Å². The molecule has 2 aromatic carbocycles. The van der Waals surface area contributed by atoms with Crippen molar-refractivity contribution in [1.82, 2.24) is 0 Å². The first-order valence-corrected chi connectivity index (χ1v) is 11.2. The second kappa shape index (κ2) is 8.16. The molecule has 3 rings (SSSR count). The molecule has 146 valence electrons. The van der Waals surface area contributed by atoms with Crippen LogP contribution in [0.25, 0.3) is 0 Å². The standard InChI is InChI=1S/C21H22N2O3S2/c1-15(2)19-12-13-27-20(19)21(24)22-16-8-7-11-18(14-16)28(25,26)23(3)17-9-5-4-6-10-17/h4-15H,1-3H3,(H,22,24). The number of nitrogens with zero attached hydrogens (tertiary/aromatic N) is 1. The van der Waals surface area contributed by atoms with Gasteiger partial charge in [0.05, 0.1) is 15.5 Å². The first kappa shape index (κ1) is 20.1. The lowest BCUT2D eigenvalue weighted by Gasteiger charge is -2.20. The number of rotatable bonds is 6. The number of anilines is 2. The Balaban J connectivity index is 1.86. The zero-order valence-electron chi connectivity index (χ0n) is 15.9. The number of carbonyl (C=O) groups excluding carboxylic acids is 1. The molecule has 3 aromatic rings. The summed E-state index contributed by atoms with van der Waals surface area (Å²) in [4.78, 5) is 13.4. The largest absolute Gasteiger partial charge is 0.321 e. The molecular weight excluding hydrogens is 392 g/mol. The Labute approximate surface area is 169 Å². The minimum Gasteiger partial charge on any atom is -0.321 e. The Morgan fingerprint density at radius 1 is 1.04 bits per heavy atom. The first-order chi connectivity index (χ1) is 13.3. The minimum absolute atomic E-state index is 0.118. The van der Waals surface area contributed by atoms with Crippen LogP contribution in [0.3, 0.4) is 0 Å². The summed E-state index contributed by atoms with van der Waals surface area (Å²) in [6.07, 6.45) is 0. The highest BCUT2D eigenvalue weighted by Crippen LogP contribution is 2.27. The number of hydrogen-bond donors (Lipinski definition) is 1. The van der Waals surface area contributed by atoms with E-state index in [-0.39, 0.29) is 16.7 Å². The fourth-order valence-electron chi connectivity index (χ4n) is 2.82. The van der Waals surface area contributed by atoms with E-state index in [1.807, 2.05) is 31.4 Å². The van der Waals surface area contributed by atoms with Gasteiger partial charge in [-0.3, -0.25) is 9.10 Å². The number of hydrogen-bond acceptors (Lipinski definition) is 4. The lowest BCUT2D eigenvalue weighted by Crippen LogP contribution is -2.26. The normalized spacial score (nSPS) is 11.4. The van der Waals surface area contributed by atoms with Gasteiger partial charge in [-0.05, 0) is 53.3 Å². The molecule has 0 aliphatic rings. The average Bonchev–Trinajstić information content (AvgIpc) is 3.18. The molecule has 0 spiro atoms. The van der Waals surface area contributed by atoms with E-state index >= 15 is 0 Å². The molecule has 1 heterocycles. The molecular formula is C21H22N2O3S2. The molecule has 5 nitrogen and oxygen atoms in total. The number of benzene rings is 2. The summed E-state index contributed by atoms with van der Waals surface area (Å²) >= 11 is 1.38. The van der Waals surface area contributed by atoms with Crippen LogP contribution in [0.4, 0.5) is 11.4 Å². The number of thiophene rings is 1. The van der Waals surface area contributed by atoms with Crippen LogP contribution in [-0.2, 0) is 10.0 Å². The molecule has 1 amide bonds. The third kappa shape index (κ3) is 4.10. The van der Waals surface area contributed by atoms with Crippen LogP contribution in [0.2, 0.25) is 0 Å². The van der Waals surface area contributed by atoms with Crippen molar-refractivity contribution in [2.75, 3.05) is 16.7 Å². The number of amides is 1. The van der Waals surface area contributed by atoms with Gasteiger partial charge in [-0.25, -0.2) is 8.42 Å². The quantitative estimate of drug-likeness (QED) is 0.621. The monoisotopic (exact) mass is 414 g/mol. The zero-order chi connectivity index (χ0) is 20.3. The van der Waals surface area contributed by atoms with E-state index in [4.69, 9.17) is 0 Å². The summed E-state index contributed by atoms with van der Waals surface area (Å²) in [6, 6.07) is 17.1. The molecule has 0 radical (unpaired) electrons. The predicted molar refractivity (Wildman–Crippen MR) is 115 cm³/mol. The highest BCUT2D eigenvalue weighted by atomic mass is 32.2. The van der Waals surface area contributed by atoms with Gasteiger partial charge in [0, 0.05) is 12.7 Å². The van der Waals surface area contributed by atoms with Gasteiger partial charge in [0.2, 0.25) is 0 Å². The molecule has 0 aliphatic heterocycles. The van der Waals surface area contributed by atoms with Crippen LogP contribution >= 0.6 is 11.3 Å². The molecule has 0 bridgehead atoms. The van der Waals surface area contributed by atoms with E-state index in [1.165, 1.54) is 34.8 Å². The van der Waals surface area contributed by atoms with Crippen molar-refractivity contribution < 1.29 is 13.2 Å². The van der Waals surface area contributed by atoms with Crippen LogP contribution in [-0.4, -0.2) is 21.4 Å². The molecule has 0 saturated carbocycles. The number of nitrogens with one attached hydrogen (secondary N) is 1. The van der Waals surface area contributed by atoms with Crippen LogP contribution in [0.15, 0.2) is 70.9 Å². The molecule has 0 aliphatic carbocycles. The predicted octanol–water partition coefficient (Wildman–Crippen LogP) is 4.95. The van der Waals surface area contributed by atoms with Gasteiger partial charge in [0.1, 0.15) is 0 Å². The van der Waals surface area contributed by atoms with Gasteiger partial charge < -0.3 is 5.32 Å². The lowest BCUT2D eigenvalue weighted by atomic mass is 10.0. The van der Waals surface area contributed by atoms with E-state index < -0.39 is 10.0 Å². The van der Waals surface area contributed by atoms with Crippen molar-refractivity contribution in [3.8, 4) is 0 Å². The summed E-state index contributed by atoms with van der Waals surface area (Å²) < 4.78 is 27.1. The molecule has 0 saturated heterocycles. The van der Waals surface area contributed by atoms with Crippen molar-refractivity contribution in [3.05, 3.63) is 76.5 Å². The maximum absolute atomic E-state index is 13.0. The number of sulfonamides is 1. The van der Waals surface area contributed by atoms with Gasteiger partial charge in [-0.1, -0.05) is 38.1 Å². The summed E-state index contributed by atoms with van der Waals surface area (Å²) in [6.45, 7) is 4.07. The SMILES string of the molecule is CC(C)c1ccsc1C(=O)Nc1cccc(S(=O)(=O)N(C)c2ccccc2)c1. The zero-order valence-corrected chi connectivity index (χ0v) is 17.5. The van der Waals surface area contributed by atoms with Crippen LogP contribution in [0, 0.1) is 0 Å². The van der Waals surface area contributed by atoms with E-state index in [9.17, 15) is 13.2 Å². The van der Waals surface area contributed by atoms with Crippen LogP contribution in [0.1, 0.15) is 35.0 Å². The van der Waals surface area contributed by atoms with Gasteiger partial charge in [0.25, 0.3) is 15.9 Å². The summed E-state index contributed by atoms with van der Waals surface area (Å²) in [5.74, 6) is 0.00268. The van der Waals surface area contributed by atoms with E-state index in [0.717, 1.165) is 5.56 Å². The third-order valence-corrected chi connectivity index (χ3v) is 7.10. The van der Waals surface area contributed by atoms with Crippen molar-refractivity contribution in [3.63, 3.8) is 0 Å². The van der Waals surface area contributed by atoms with Crippen LogP contribution in [0.5, 0.6) is 0 Å². The Hall–Kier alpha value is -2.64. The molecule has 7 heteroatoms. The highest BCUT2D eigenvalue weighted by Gasteiger charge is 2.22. The molecule has 0 atom stereocenters. The lowest BCUT2D eigenvalue weighted by molar-refractivity contribution is 0.102. The Bertz CT molecular complexity index is 1070. The van der Waals surface area contributed by atoms with Gasteiger partial charge in [-0.15, -0.1) is 11.3 Å². The number of carbonyl (C=O) groups is 1. The summed E-state index contributed by atoms with van der Waals surface area (Å²) in [7, 11) is -2.23. The van der Waals surface area contributed by atoms with Crippen molar-refractivity contribution in [1.29, 1.82) is 0 Å². The summed E-state index contributed by atoms with van der Waals surface area (Å²) in [5, 5.41) is 4.71. The molecule has 0 fully saturated rings. The topological polar surface area (TPSA) is 66.5 Å². The molecule has 28 heavy (non-hydrogen) atoms. The fraction of sp³-hybridized carbons (Fsp3) is 0.190. The molecule has 1 N–H and O–H groups in total. The Kier molecular flexibility index (Phi) is 5.86. The van der Waals surface area contributed by atoms with Crippen molar-refractivity contribution in [2.45, 2.75) is 24.7 Å². The smallest absolute Gasteiger partial charge is 0.266 e. The third-order valence-electron chi connectivity index (χ3n) is 4.39. The average molecular weight is 415 g/mol. The van der Waals surface area contributed by atoms with Crippen LogP contribution < -0.4 is 9.62 Å². The molecule has 1 aromatic heterocycles. The first-order valence-electron chi connectivity index (χ1n) is 8.83. The fourth-order valence-corrected chi connectivity index (χ4v) is 5.01. The van der Waals surface area contributed by atoms with E-state index in [1.54, 1.807) is 36.4 Å². The minimum atomic E-state index is -3.74. The second-order valence-corrected chi connectivity index (χ2v) is 9.54. The maximum Gasteiger partial charge on any atom is 0.266 e. The van der Waals surface area contributed by atoms with Gasteiger partial charge in [-0.2, -0.15) is 0 Å². The Morgan fingerprint density at radius 3 is 2.43 bits per heavy atom. The van der Waals surface area contributed by atoms with Crippen molar-refractivity contribution >= 4 is 38.6 Å².